The van der Waals surface area contributed by atoms with Crippen molar-refractivity contribution in [2.24, 2.45) is 5.92 Å². The molecule has 0 aromatic heterocycles. The van der Waals surface area contributed by atoms with Crippen molar-refractivity contribution in [3.05, 3.63) is 28.8 Å². The third-order valence-electron chi connectivity index (χ3n) is 2.57. The Balaban J connectivity index is 2.72. The third-order valence-corrected chi connectivity index (χ3v) is 2.87. The summed E-state index contributed by atoms with van der Waals surface area (Å²) in [4.78, 5) is 0. The molecule has 3 heteroatoms. The number of rotatable bonds is 5. The second-order valence-corrected chi connectivity index (χ2v) is 5.33. The molecule has 0 heterocycles. The van der Waals surface area contributed by atoms with E-state index in [0.717, 1.165) is 12.0 Å². The van der Waals surface area contributed by atoms with Gasteiger partial charge in [-0.05, 0) is 43.9 Å². The number of benzene rings is 1. The van der Waals surface area contributed by atoms with Crippen LogP contribution in [-0.4, -0.2) is 11.2 Å². The van der Waals surface area contributed by atoms with Gasteiger partial charge in [0.2, 0.25) is 0 Å². The molecule has 1 N–H and O–H groups in total. The maximum Gasteiger partial charge on any atom is 0.138 e. The Labute approximate surface area is 109 Å². The average Bonchev–Trinajstić information content (AvgIpc) is 2.19. The van der Waals surface area contributed by atoms with Crippen molar-refractivity contribution in [3.8, 4) is 5.75 Å². The minimum Gasteiger partial charge on any atom is -0.489 e. The first-order valence-corrected chi connectivity index (χ1v) is 6.42. The van der Waals surface area contributed by atoms with Crippen molar-refractivity contribution >= 4 is 11.6 Å². The molecule has 2 nitrogen and oxygen atoms in total. The monoisotopic (exact) mass is 256 g/mol. The predicted octanol–water partition coefficient (Wildman–Crippen LogP) is 4.21. The van der Waals surface area contributed by atoms with E-state index in [0.29, 0.717) is 16.7 Å². The molecule has 17 heavy (non-hydrogen) atoms. The van der Waals surface area contributed by atoms with Gasteiger partial charge in [-0.15, -0.1) is 0 Å². The predicted molar refractivity (Wildman–Crippen MR) is 71.6 cm³/mol. The Morgan fingerprint density at radius 1 is 1.24 bits per heavy atom. The molecule has 2 atom stereocenters. The van der Waals surface area contributed by atoms with Gasteiger partial charge in [-0.2, -0.15) is 0 Å². The molecule has 1 rings (SSSR count). The van der Waals surface area contributed by atoms with Gasteiger partial charge < -0.3 is 9.84 Å². The van der Waals surface area contributed by atoms with Gasteiger partial charge in [-0.3, -0.25) is 0 Å². The van der Waals surface area contributed by atoms with Crippen LogP contribution in [0.5, 0.6) is 5.75 Å². The Bertz CT molecular complexity index is 361. The summed E-state index contributed by atoms with van der Waals surface area (Å²) < 4.78 is 5.78. The Kier molecular flexibility index (Phi) is 5.29. The zero-order valence-corrected chi connectivity index (χ0v) is 11.7. The van der Waals surface area contributed by atoms with Crippen molar-refractivity contribution in [1.29, 1.82) is 0 Å². The Morgan fingerprint density at radius 2 is 1.88 bits per heavy atom. The van der Waals surface area contributed by atoms with Crippen LogP contribution in [0.15, 0.2) is 18.2 Å². The van der Waals surface area contributed by atoms with Crippen LogP contribution in [-0.2, 0) is 0 Å². The summed E-state index contributed by atoms with van der Waals surface area (Å²) >= 11 is 6.12. The molecule has 1 unspecified atom stereocenters. The van der Waals surface area contributed by atoms with Crippen LogP contribution in [0.25, 0.3) is 0 Å². The summed E-state index contributed by atoms with van der Waals surface area (Å²) in [5, 5.41) is 10.00. The lowest BCUT2D eigenvalue weighted by Crippen LogP contribution is -2.14. The first kappa shape index (κ1) is 14.3. The molecule has 0 aliphatic heterocycles. The maximum absolute atomic E-state index is 9.44. The van der Waals surface area contributed by atoms with Crippen molar-refractivity contribution in [2.75, 3.05) is 0 Å². The molecule has 1 aromatic carbocycles. The minimum absolute atomic E-state index is 0.143. The lowest BCUT2D eigenvalue weighted by atomic mass is 10.1. The largest absolute Gasteiger partial charge is 0.489 e. The first-order chi connectivity index (χ1) is 7.90. The van der Waals surface area contributed by atoms with Gasteiger partial charge in [0, 0.05) is 0 Å². The highest BCUT2D eigenvalue weighted by Gasteiger charge is 2.11. The lowest BCUT2D eigenvalue weighted by Gasteiger charge is -2.18. The number of hydrogen-bond donors (Lipinski definition) is 1. The number of ether oxygens (including phenoxy) is 1. The summed E-state index contributed by atoms with van der Waals surface area (Å²) in [6, 6.07) is 5.42. The average molecular weight is 257 g/mol. The molecule has 0 aliphatic carbocycles. The third kappa shape index (κ3) is 4.57. The molecule has 0 amide bonds. The van der Waals surface area contributed by atoms with Crippen LogP contribution < -0.4 is 4.74 Å². The fourth-order valence-electron chi connectivity index (χ4n) is 1.80. The van der Waals surface area contributed by atoms with Crippen molar-refractivity contribution in [3.63, 3.8) is 0 Å². The first-order valence-electron chi connectivity index (χ1n) is 6.04. The fraction of sp³-hybridized carbons (Fsp3) is 0.571. The second-order valence-electron chi connectivity index (χ2n) is 4.92. The van der Waals surface area contributed by atoms with Crippen LogP contribution in [0.1, 0.15) is 45.8 Å². The van der Waals surface area contributed by atoms with E-state index < -0.39 is 6.10 Å². The molecular formula is C14H21ClO2. The van der Waals surface area contributed by atoms with Gasteiger partial charge in [-0.1, -0.05) is 31.5 Å². The van der Waals surface area contributed by atoms with Crippen molar-refractivity contribution in [2.45, 2.75) is 46.3 Å². The SMILES string of the molecule is CC(C)CC(C)Oc1ccc([C@H](C)O)cc1Cl. The zero-order valence-electron chi connectivity index (χ0n) is 10.9. The van der Waals surface area contributed by atoms with Crippen LogP contribution in [0.4, 0.5) is 0 Å². The molecular weight excluding hydrogens is 236 g/mol. The summed E-state index contributed by atoms with van der Waals surface area (Å²) in [7, 11) is 0. The Morgan fingerprint density at radius 3 is 2.35 bits per heavy atom. The van der Waals surface area contributed by atoms with Gasteiger partial charge in [0.05, 0.1) is 17.2 Å². The molecule has 0 radical (unpaired) electrons. The highest BCUT2D eigenvalue weighted by atomic mass is 35.5. The van der Waals surface area contributed by atoms with Crippen molar-refractivity contribution in [1.82, 2.24) is 0 Å². The second kappa shape index (κ2) is 6.27. The van der Waals surface area contributed by atoms with Gasteiger partial charge in [-0.25, -0.2) is 0 Å². The van der Waals surface area contributed by atoms with Crippen LogP contribution >= 0.6 is 11.6 Å². The van der Waals surface area contributed by atoms with Gasteiger partial charge in [0.25, 0.3) is 0 Å². The van der Waals surface area contributed by atoms with Crippen LogP contribution in [0, 0.1) is 5.92 Å². The van der Waals surface area contributed by atoms with E-state index in [1.807, 2.05) is 19.1 Å². The summed E-state index contributed by atoms with van der Waals surface area (Å²) in [5.74, 6) is 1.28. The van der Waals surface area contributed by atoms with E-state index in [1.165, 1.54) is 0 Å². The van der Waals surface area contributed by atoms with E-state index in [9.17, 15) is 5.11 Å². The van der Waals surface area contributed by atoms with E-state index in [4.69, 9.17) is 16.3 Å². The number of hydrogen-bond acceptors (Lipinski definition) is 2. The summed E-state index contributed by atoms with van der Waals surface area (Å²) in [6.07, 6.45) is 0.633. The molecule has 0 spiro atoms. The van der Waals surface area contributed by atoms with E-state index in [-0.39, 0.29) is 6.10 Å². The van der Waals surface area contributed by atoms with Crippen LogP contribution in [0.3, 0.4) is 0 Å². The van der Waals surface area contributed by atoms with Crippen LogP contribution in [0.2, 0.25) is 5.02 Å². The highest BCUT2D eigenvalue weighted by molar-refractivity contribution is 6.32. The molecule has 0 saturated heterocycles. The lowest BCUT2D eigenvalue weighted by molar-refractivity contribution is 0.191. The number of halogens is 1. The molecule has 1 aromatic rings. The fourth-order valence-corrected chi connectivity index (χ4v) is 2.03. The maximum atomic E-state index is 9.44. The zero-order chi connectivity index (χ0) is 13.0. The van der Waals surface area contributed by atoms with Crippen molar-refractivity contribution < 1.29 is 9.84 Å². The molecule has 0 saturated carbocycles. The normalized spacial score (nSPS) is 14.8. The number of aliphatic hydroxyl groups excluding tert-OH is 1. The van der Waals surface area contributed by atoms with Gasteiger partial charge in [0.1, 0.15) is 5.75 Å². The number of aliphatic hydroxyl groups is 1. The molecule has 0 fully saturated rings. The molecule has 96 valence electrons. The molecule has 0 bridgehead atoms. The Hall–Kier alpha value is -0.730. The summed E-state index contributed by atoms with van der Waals surface area (Å²) in [6.45, 7) is 8.09. The quantitative estimate of drug-likeness (QED) is 0.855. The minimum atomic E-state index is -0.505. The van der Waals surface area contributed by atoms with E-state index >= 15 is 0 Å². The smallest absolute Gasteiger partial charge is 0.138 e. The standard InChI is InChI=1S/C14H21ClO2/c1-9(2)7-10(3)17-14-6-5-12(11(4)16)8-13(14)15/h5-6,8-11,16H,7H2,1-4H3/t10?,11-/m0/s1. The van der Waals surface area contributed by atoms with E-state index in [1.54, 1.807) is 13.0 Å². The van der Waals surface area contributed by atoms with E-state index in [2.05, 4.69) is 13.8 Å². The topological polar surface area (TPSA) is 29.5 Å². The van der Waals surface area contributed by atoms with Gasteiger partial charge in [0.15, 0.2) is 0 Å². The highest BCUT2D eigenvalue weighted by Crippen LogP contribution is 2.29. The summed E-state index contributed by atoms with van der Waals surface area (Å²) in [5.41, 5.74) is 0.805. The van der Waals surface area contributed by atoms with Gasteiger partial charge >= 0.3 is 0 Å². The molecule has 0 aliphatic rings.